The molecule has 0 unspecified atom stereocenters. The molecule has 0 radical (unpaired) electrons. The Morgan fingerprint density at radius 3 is 2.59 bits per heavy atom. The lowest BCUT2D eigenvalue weighted by Gasteiger charge is -2.25. The number of carbonyl (C=O) groups is 2. The van der Waals surface area contributed by atoms with E-state index in [2.05, 4.69) is 10.3 Å². The summed E-state index contributed by atoms with van der Waals surface area (Å²) in [6, 6.07) is 2.80. The SMILES string of the molecule is CON(C)C(=O)[C@H](Cc1cccnc1)NC(=O)OC(C)(C)C. The van der Waals surface area contributed by atoms with Crippen LogP contribution in [0.25, 0.3) is 0 Å². The van der Waals surface area contributed by atoms with Crippen molar-refractivity contribution in [2.45, 2.75) is 38.8 Å². The minimum absolute atomic E-state index is 0.291. The van der Waals surface area contributed by atoms with Crippen molar-refractivity contribution in [2.24, 2.45) is 0 Å². The third-order valence-corrected chi connectivity index (χ3v) is 2.74. The van der Waals surface area contributed by atoms with Gasteiger partial charge in [0.15, 0.2) is 0 Å². The van der Waals surface area contributed by atoms with Gasteiger partial charge in [-0.05, 0) is 32.4 Å². The van der Waals surface area contributed by atoms with Gasteiger partial charge in [-0.1, -0.05) is 6.07 Å². The number of rotatable bonds is 5. The van der Waals surface area contributed by atoms with Crippen LogP contribution in [0.3, 0.4) is 0 Å². The number of amides is 2. The first-order chi connectivity index (χ1) is 10.2. The Morgan fingerprint density at radius 1 is 1.41 bits per heavy atom. The molecule has 7 nitrogen and oxygen atoms in total. The highest BCUT2D eigenvalue weighted by molar-refractivity contribution is 5.85. The number of hydroxylamine groups is 2. The maximum atomic E-state index is 12.3. The van der Waals surface area contributed by atoms with Crippen LogP contribution in [-0.2, 0) is 20.8 Å². The van der Waals surface area contributed by atoms with Gasteiger partial charge in [-0.2, -0.15) is 0 Å². The third kappa shape index (κ3) is 6.09. The molecule has 0 bridgehead atoms. The van der Waals surface area contributed by atoms with Gasteiger partial charge in [-0.25, -0.2) is 9.86 Å². The van der Waals surface area contributed by atoms with Gasteiger partial charge in [-0.15, -0.1) is 0 Å². The van der Waals surface area contributed by atoms with E-state index in [0.717, 1.165) is 10.6 Å². The molecule has 0 aliphatic heterocycles. The van der Waals surface area contributed by atoms with Crippen molar-refractivity contribution in [3.63, 3.8) is 0 Å². The Kier molecular flexibility index (Phi) is 6.30. The second-order valence-electron chi connectivity index (χ2n) is 5.78. The summed E-state index contributed by atoms with van der Waals surface area (Å²) >= 11 is 0. The molecule has 0 aromatic carbocycles. The smallest absolute Gasteiger partial charge is 0.408 e. The molecule has 1 rings (SSSR count). The first kappa shape index (κ1) is 17.9. The Morgan fingerprint density at radius 2 is 2.09 bits per heavy atom. The molecular formula is C15H23N3O4. The minimum atomic E-state index is -0.802. The third-order valence-electron chi connectivity index (χ3n) is 2.74. The molecule has 0 aliphatic rings. The first-order valence-corrected chi connectivity index (χ1v) is 6.93. The van der Waals surface area contributed by atoms with Gasteiger partial charge in [0.2, 0.25) is 0 Å². The second-order valence-corrected chi connectivity index (χ2v) is 5.78. The van der Waals surface area contributed by atoms with Crippen molar-refractivity contribution in [1.29, 1.82) is 0 Å². The van der Waals surface area contributed by atoms with Crippen LogP contribution in [0.5, 0.6) is 0 Å². The predicted molar refractivity (Wildman–Crippen MR) is 80.9 cm³/mol. The van der Waals surface area contributed by atoms with E-state index in [4.69, 9.17) is 9.57 Å². The summed E-state index contributed by atoms with van der Waals surface area (Å²) in [7, 11) is 2.86. The van der Waals surface area contributed by atoms with Crippen molar-refractivity contribution in [3.05, 3.63) is 30.1 Å². The molecule has 1 N–H and O–H groups in total. The molecule has 7 heteroatoms. The molecule has 122 valence electrons. The van der Waals surface area contributed by atoms with Crippen LogP contribution >= 0.6 is 0 Å². The van der Waals surface area contributed by atoms with E-state index in [1.165, 1.54) is 14.2 Å². The normalized spacial score (nSPS) is 12.4. The van der Waals surface area contributed by atoms with Crippen molar-refractivity contribution in [3.8, 4) is 0 Å². The quantitative estimate of drug-likeness (QED) is 0.834. The lowest BCUT2D eigenvalue weighted by molar-refractivity contribution is -0.171. The number of nitrogens with one attached hydrogen (secondary N) is 1. The number of ether oxygens (including phenoxy) is 1. The van der Waals surface area contributed by atoms with Crippen molar-refractivity contribution < 1.29 is 19.2 Å². The number of aromatic nitrogens is 1. The zero-order chi connectivity index (χ0) is 16.8. The number of likely N-dealkylation sites (N-methyl/N-ethyl adjacent to an activating group) is 1. The van der Waals surface area contributed by atoms with E-state index in [0.29, 0.717) is 6.42 Å². The maximum absolute atomic E-state index is 12.3. The van der Waals surface area contributed by atoms with Crippen molar-refractivity contribution in [1.82, 2.24) is 15.4 Å². The highest BCUT2D eigenvalue weighted by Crippen LogP contribution is 2.09. The Hall–Kier alpha value is -2.15. The molecule has 0 saturated heterocycles. The number of carbonyl (C=O) groups excluding carboxylic acids is 2. The van der Waals surface area contributed by atoms with E-state index in [-0.39, 0.29) is 5.91 Å². The molecule has 0 aliphatic carbocycles. The van der Waals surface area contributed by atoms with Crippen LogP contribution in [0.2, 0.25) is 0 Å². The maximum Gasteiger partial charge on any atom is 0.408 e. The molecule has 2 amide bonds. The Bertz CT molecular complexity index is 499. The monoisotopic (exact) mass is 309 g/mol. The van der Waals surface area contributed by atoms with Gasteiger partial charge < -0.3 is 10.1 Å². The van der Waals surface area contributed by atoms with Gasteiger partial charge >= 0.3 is 6.09 Å². The molecular weight excluding hydrogens is 286 g/mol. The summed E-state index contributed by atoms with van der Waals surface area (Å²) in [6.07, 6.45) is 2.92. The van der Waals surface area contributed by atoms with E-state index in [9.17, 15) is 9.59 Å². The lowest BCUT2D eigenvalue weighted by Crippen LogP contribution is -2.49. The first-order valence-electron chi connectivity index (χ1n) is 6.93. The highest BCUT2D eigenvalue weighted by atomic mass is 16.7. The predicted octanol–water partition coefficient (Wildman–Crippen LogP) is 1.54. The lowest BCUT2D eigenvalue weighted by atomic mass is 10.1. The molecule has 1 aromatic rings. The fourth-order valence-electron chi connectivity index (χ4n) is 1.71. The van der Waals surface area contributed by atoms with Crippen molar-refractivity contribution in [2.75, 3.05) is 14.2 Å². The standard InChI is InChI=1S/C15H23N3O4/c1-15(2,3)22-14(20)17-12(13(19)18(4)21-5)9-11-7-6-8-16-10-11/h6-8,10,12H,9H2,1-5H3,(H,17,20)/t12-/m0/s1. The topological polar surface area (TPSA) is 80.8 Å². The fraction of sp³-hybridized carbons (Fsp3) is 0.533. The molecule has 22 heavy (non-hydrogen) atoms. The molecule has 1 aromatic heterocycles. The summed E-state index contributed by atoms with van der Waals surface area (Å²) in [5.41, 5.74) is 0.181. The number of hydrogen-bond donors (Lipinski definition) is 1. The van der Waals surface area contributed by atoms with E-state index in [1.54, 1.807) is 39.2 Å². The van der Waals surface area contributed by atoms with E-state index < -0.39 is 17.7 Å². The van der Waals surface area contributed by atoms with Gasteiger partial charge in [0.1, 0.15) is 11.6 Å². The summed E-state index contributed by atoms with van der Waals surface area (Å²) in [5.74, 6) is -0.378. The Balaban J connectivity index is 2.82. The summed E-state index contributed by atoms with van der Waals surface area (Å²) in [4.78, 5) is 33.1. The second kappa shape index (κ2) is 7.74. The summed E-state index contributed by atoms with van der Waals surface area (Å²) in [5, 5.41) is 3.64. The van der Waals surface area contributed by atoms with Crippen LogP contribution in [0, 0.1) is 0 Å². The molecule has 0 spiro atoms. The van der Waals surface area contributed by atoms with Crippen LogP contribution in [0.4, 0.5) is 4.79 Å². The largest absolute Gasteiger partial charge is 0.444 e. The Labute approximate surface area is 130 Å². The zero-order valence-corrected chi connectivity index (χ0v) is 13.6. The van der Waals surface area contributed by atoms with Crippen LogP contribution in [0.15, 0.2) is 24.5 Å². The van der Waals surface area contributed by atoms with E-state index >= 15 is 0 Å². The van der Waals surface area contributed by atoms with Gasteiger partial charge in [0, 0.05) is 25.9 Å². The average Bonchev–Trinajstić information content (AvgIpc) is 2.44. The minimum Gasteiger partial charge on any atom is -0.444 e. The number of alkyl carbamates (subject to hydrolysis) is 1. The van der Waals surface area contributed by atoms with E-state index in [1.807, 2.05) is 6.07 Å². The summed E-state index contributed by atoms with van der Waals surface area (Å²) in [6.45, 7) is 5.27. The molecule has 1 heterocycles. The number of hydrogen-bond acceptors (Lipinski definition) is 5. The van der Waals surface area contributed by atoms with Crippen LogP contribution in [-0.4, -0.2) is 47.8 Å². The summed E-state index contributed by atoms with van der Waals surface area (Å²) < 4.78 is 5.19. The number of nitrogens with zero attached hydrogens (tertiary/aromatic N) is 2. The van der Waals surface area contributed by atoms with Gasteiger partial charge in [0.05, 0.1) is 7.11 Å². The fourth-order valence-corrected chi connectivity index (χ4v) is 1.71. The van der Waals surface area contributed by atoms with Crippen LogP contribution < -0.4 is 5.32 Å². The highest BCUT2D eigenvalue weighted by Gasteiger charge is 2.27. The van der Waals surface area contributed by atoms with Crippen molar-refractivity contribution >= 4 is 12.0 Å². The molecule has 0 saturated carbocycles. The average molecular weight is 309 g/mol. The zero-order valence-electron chi connectivity index (χ0n) is 13.6. The van der Waals surface area contributed by atoms with Gasteiger partial charge in [-0.3, -0.25) is 14.6 Å². The van der Waals surface area contributed by atoms with Crippen LogP contribution in [0.1, 0.15) is 26.3 Å². The van der Waals surface area contributed by atoms with Gasteiger partial charge in [0.25, 0.3) is 5.91 Å². The number of pyridine rings is 1. The molecule has 0 fully saturated rings. The molecule has 1 atom stereocenters.